The van der Waals surface area contributed by atoms with Gasteiger partial charge in [0.1, 0.15) is 5.75 Å². The molecule has 1 saturated heterocycles. The minimum atomic E-state index is -0.840. The lowest BCUT2D eigenvalue weighted by atomic mass is 10.2. The van der Waals surface area contributed by atoms with Gasteiger partial charge in [-0.1, -0.05) is 12.1 Å². The van der Waals surface area contributed by atoms with Crippen LogP contribution in [0, 0.1) is 0 Å². The van der Waals surface area contributed by atoms with Crippen LogP contribution in [0.4, 0.5) is 0 Å². The first-order chi connectivity index (χ1) is 11.7. The molecule has 0 aromatic heterocycles. The summed E-state index contributed by atoms with van der Waals surface area (Å²) < 4.78 is 5.26. The summed E-state index contributed by atoms with van der Waals surface area (Å²) in [6, 6.07) is 6.54. The number of hydrogen-bond acceptors (Lipinski definition) is 6. The Morgan fingerprint density at radius 3 is 2.75 bits per heavy atom. The monoisotopic (exact) mass is 334 g/mol. The molecule has 1 aliphatic heterocycles. The minimum absolute atomic E-state index is 0.0445. The van der Waals surface area contributed by atoms with Gasteiger partial charge in [-0.2, -0.15) is 5.10 Å². The number of nitrogens with zero attached hydrogens (tertiary/aromatic N) is 2. The molecule has 130 valence electrons. The van der Waals surface area contributed by atoms with Crippen molar-refractivity contribution in [1.82, 2.24) is 15.6 Å². The molecule has 1 aliphatic rings. The van der Waals surface area contributed by atoms with E-state index in [4.69, 9.17) is 4.74 Å². The first kappa shape index (κ1) is 17.9. The number of phenols is 1. The van der Waals surface area contributed by atoms with Crippen molar-refractivity contribution < 1.29 is 19.4 Å². The van der Waals surface area contributed by atoms with Gasteiger partial charge in [-0.25, -0.2) is 5.43 Å². The van der Waals surface area contributed by atoms with E-state index in [1.807, 2.05) is 0 Å². The molecule has 1 heterocycles. The summed E-state index contributed by atoms with van der Waals surface area (Å²) in [6.45, 7) is 4.56. The molecule has 0 saturated carbocycles. The van der Waals surface area contributed by atoms with E-state index in [1.165, 1.54) is 12.3 Å². The van der Waals surface area contributed by atoms with Crippen molar-refractivity contribution in [3.8, 4) is 5.75 Å². The molecule has 8 nitrogen and oxygen atoms in total. The highest BCUT2D eigenvalue weighted by molar-refractivity contribution is 6.35. The van der Waals surface area contributed by atoms with Gasteiger partial charge in [0.2, 0.25) is 0 Å². The van der Waals surface area contributed by atoms with Crippen LogP contribution in [0.2, 0.25) is 0 Å². The third kappa shape index (κ3) is 5.98. The number of hydrazone groups is 1. The van der Waals surface area contributed by atoms with Crippen LogP contribution in [0.25, 0.3) is 0 Å². The number of aromatic hydroxyl groups is 1. The second-order valence-corrected chi connectivity index (χ2v) is 5.32. The van der Waals surface area contributed by atoms with Gasteiger partial charge in [-0.3, -0.25) is 14.5 Å². The molecule has 0 atom stereocenters. The summed E-state index contributed by atoms with van der Waals surface area (Å²) >= 11 is 0. The van der Waals surface area contributed by atoms with E-state index in [9.17, 15) is 14.7 Å². The summed E-state index contributed by atoms with van der Waals surface area (Å²) in [6.07, 6.45) is 2.04. The van der Waals surface area contributed by atoms with Gasteiger partial charge in [-0.15, -0.1) is 0 Å². The zero-order valence-corrected chi connectivity index (χ0v) is 13.4. The molecular weight excluding hydrogens is 312 g/mol. The van der Waals surface area contributed by atoms with Crippen LogP contribution in [0.5, 0.6) is 5.75 Å². The molecule has 0 unspecified atom stereocenters. The fraction of sp³-hybridized carbons (Fsp3) is 0.438. The molecule has 8 heteroatoms. The number of amides is 2. The first-order valence-electron chi connectivity index (χ1n) is 7.86. The van der Waals surface area contributed by atoms with Crippen molar-refractivity contribution in [3.05, 3.63) is 29.8 Å². The van der Waals surface area contributed by atoms with Crippen LogP contribution < -0.4 is 10.7 Å². The van der Waals surface area contributed by atoms with Crippen molar-refractivity contribution in [2.75, 3.05) is 39.4 Å². The van der Waals surface area contributed by atoms with Gasteiger partial charge < -0.3 is 15.2 Å². The Morgan fingerprint density at radius 1 is 1.25 bits per heavy atom. The summed E-state index contributed by atoms with van der Waals surface area (Å²) in [5, 5.41) is 15.7. The predicted octanol–water partition coefficient (Wildman–Crippen LogP) is -0.319. The Hall–Kier alpha value is -2.45. The number of benzene rings is 1. The third-order valence-electron chi connectivity index (χ3n) is 3.55. The average molecular weight is 334 g/mol. The van der Waals surface area contributed by atoms with Gasteiger partial charge in [0, 0.05) is 25.2 Å². The Kier molecular flexibility index (Phi) is 7.19. The van der Waals surface area contributed by atoms with Gasteiger partial charge in [0.05, 0.1) is 19.4 Å². The summed E-state index contributed by atoms with van der Waals surface area (Å²) in [5.41, 5.74) is 2.58. The Morgan fingerprint density at radius 2 is 2.00 bits per heavy atom. The molecule has 0 bridgehead atoms. The van der Waals surface area contributed by atoms with Crippen molar-refractivity contribution >= 4 is 18.0 Å². The van der Waals surface area contributed by atoms with E-state index in [2.05, 4.69) is 20.7 Å². The van der Waals surface area contributed by atoms with Gasteiger partial charge >= 0.3 is 11.8 Å². The number of morpholine rings is 1. The van der Waals surface area contributed by atoms with Gasteiger partial charge in [0.15, 0.2) is 0 Å². The molecule has 2 amide bonds. The second kappa shape index (κ2) is 9.64. The Labute approximate surface area is 140 Å². The maximum absolute atomic E-state index is 11.6. The molecule has 0 spiro atoms. The highest BCUT2D eigenvalue weighted by Crippen LogP contribution is 2.12. The molecular formula is C16H22N4O4. The van der Waals surface area contributed by atoms with Crippen molar-refractivity contribution in [3.63, 3.8) is 0 Å². The van der Waals surface area contributed by atoms with Gasteiger partial charge in [-0.05, 0) is 25.1 Å². The van der Waals surface area contributed by atoms with Crippen molar-refractivity contribution in [2.45, 2.75) is 6.42 Å². The van der Waals surface area contributed by atoms with Crippen LogP contribution in [0.3, 0.4) is 0 Å². The number of rotatable bonds is 6. The number of ether oxygens (including phenoxy) is 1. The lowest BCUT2D eigenvalue weighted by Gasteiger charge is -2.26. The number of carbonyl (C=O) groups excluding carboxylic acids is 2. The fourth-order valence-corrected chi connectivity index (χ4v) is 2.22. The number of para-hydroxylation sites is 1. The highest BCUT2D eigenvalue weighted by Gasteiger charge is 2.13. The average Bonchev–Trinajstić information content (AvgIpc) is 2.61. The molecule has 0 aliphatic carbocycles. The quantitative estimate of drug-likeness (QED) is 0.286. The molecule has 1 aromatic rings. The number of nitrogens with one attached hydrogen (secondary N) is 2. The van der Waals surface area contributed by atoms with E-state index in [0.717, 1.165) is 39.3 Å². The highest BCUT2D eigenvalue weighted by atomic mass is 16.5. The lowest BCUT2D eigenvalue weighted by molar-refractivity contribution is -0.139. The number of phenolic OH excluding ortho intramolecular Hbond substituents is 1. The van der Waals surface area contributed by atoms with Crippen molar-refractivity contribution in [2.24, 2.45) is 5.10 Å². The zero-order valence-electron chi connectivity index (χ0n) is 13.4. The van der Waals surface area contributed by atoms with E-state index in [0.29, 0.717) is 12.1 Å². The zero-order chi connectivity index (χ0) is 17.2. The van der Waals surface area contributed by atoms with E-state index >= 15 is 0 Å². The molecule has 2 rings (SSSR count). The normalized spacial score (nSPS) is 15.3. The minimum Gasteiger partial charge on any atom is -0.507 e. The first-order valence-corrected chi connectivity index (χ1v) is 7.86. The third-order valence-corrected chi connectivity index (χ3v) is 3.55. The smallest absolute Gasteiger partial charge is 0.329 e. The van der Waals surface area contributed by atoms with E-state index in [1.54, 1.807) is 18.2 Å². The number of carbonyl (C=O) groups is 2. The van der Waals surface area contributed by atoms with Crippen LogP contribution >= 0.6 is 0 Å². The summed E-state index contributed by atoms with van der Waals surface area (Å²) in [5.74, 6) is -1.53. The predicted molar refractivity (Wildman–Crippen MR) is 88.7 cm³/mol. The largest absolute Gasteiger partial charge is 0.507 e. The number of hydrogen-bond donors (Lipinski definition) is 3. The van der Waals surface area contributed by atoms with Crippen LogP contribution in [-0.4, -0.2) is 67.4 Å². The lowest BCUT2D eigenvalue weighted by Crippen LogP contribution is -2.40. The van der Waals surface area contributed by atoms with E-state index in [-0.39, 0.29) is 5.75 Å². The SMILES string of the molecule is O=C(NCCCN1CCOCC1)C(=O)N/N=C/c1ccccc1O. The standard InChI is InChI=1S/C16H22N4O4/c21-14-5-2-1-4-13(14)12-18-19-16(23)15(22)17-6-3-7-20-8-10-24-11-9-20/h1-2,4-5,12,21H,3,6-11H2,(H,17,22)(H,19,23)/b18-12+. The van der Waals surface area contributed by atoms with Crippen LogP contribution in [-0.2, 0) is 14.3 Å². The molecule has 24 heavy (non-hydrogen) atoms. The maximum atomic E-state index is 11.6. The Bertz CT molecular complexity index is 585. The van der Waals surface area contributed by atoms with Crippen molar-refractivity contribution in [1.29, 1.82) is 0 Å². The fourth-order valence-electron chi connectivity index (χ4n) is 2.22. The summed E-state index contributed by atoms with van der Waals surface area (Å²) in [7, 11) is 0. The van der Waals surface area contributed by atoms with E-state index < -0.39 is 11.8 Å². The van der Waals surface area contributed by atoms with Crippen LogP contribution in [0.15, 0.2) is 29.4 Å². The second-order valence-electron chi connectivity index (χ2n) is 5.32. The molecule has 0 radical (unpaired) electrons. The molecule has 3 N–H and O–H groups in total. The van der Waals surface area contributed by atoms with Gasteiger partial charge in [0.25, 0.3) is 0 Å². The van der Waals surface area contributed by atoms with Crippen LogP contribution in [0.1, 0.15) is 12.0 Å². The maximum Gasteiger partial charge on any atom is 0.329 e. The summed E-state index contributed by atoms with van der Waals surface area (Å²) in [4.78, 5) is 25.5. The molecule has 1 fully saturated rings. The topological polar surface area (TPSA) is 103 Å². The Balaban J connectivity index is 1.63. The molecule has 1 aromatic carbocycles.